The third-order valence-corrected chi connectivity index (χ3v) is 4.47. The van der Waals surface area contributed by atoms with Gasteiger partial charge in [-0.1, -0.05) is 33.1 Å². The number of hydrogen-bond acceptors (Lipinski definition) is 5. The summed E-state index contributed by atoms with van der Waals surface area (Å²) < 4.78 is 22.5. The molecule has 0 unspecified atom stereocenters. The Bertz CT molecular complexity index is 549. The van der Waals surface area contributed by atoms with E-state index in [9.17, 15) is 4.79 Å². The van der Waals surface area contributed by atoms with Crippen LogP contribution in [0.5, 0.6) is 11.5 Å². The fourth-order valence-corrected chi connectivity index (χ4v) is 2.76. The van der Waals surface area contributed by atoms with Gasteiger partial charge in [-0.05, 0) is 49.9 Å². The Kier molecular flexibility index (Phi) is 8.92. The number of unbranched alkanes of at least 4 members (excludes halogenated alkanes) is 3. The van der Waals surface area contributed by atoms with E-state index < -0.39 is 0 Å². The number of aryl methyl sites for hydroxylation is 1. The molecule has 2 rings (SSSR count). The molecule has 5 heteroatoms. The minimum absolute atomic E-state index is 0.188. The van der Waals surface area contributed by atoms with Crippen molar-refractivity contribution < 1.29 is 23.7 Å². The lowest BCUT2D eigenvalue weighted by atomic mass is 10.1. The molecule has 1 aliphatic rings. The maximum Gasteiger partial charge on any atom is 0.319 e. The maximum atomic E-state index is 12.4. The highest BCUT2D eigenvalue weighted by atomic mass is 16.7. The fraction of sp³-hybridized carbons (Fsp3) is 0.667. The zero-order valence-electron chi connectivity index (χ0n) is 16.3. The van der Waals surface area contributed by atoms with Crippen LogP contribution >= 0.6 is 0 Å². The van der Waals surface area contributed by atoms with E-state index >= 15 is 0 Å². The topological polar surface area (TPSA) is 54.0 Å². The van der Waals surface area contributed by atoms with Crippen molar-refractivity contribution >= 4 is 5.97 Å². The van der Waals surface area contributed by atoms with Crippen molar-refractivity contribution in [3.63, 3.8) is 0 Å². The monoisotopic (exact) mass is 364 g/mol. The van der Waals surface area contributed by atoms with Gasteiger partial charge in [0.1, 0.15) is 17.4 Å². The first-order chi connectivity index (χ1) is 12.6. The van der Waals surface area contributed by atoms with Crippen LogP contribution in [-0.2, 0) is 14.3 Å². The molecule has 0 bridgehead atoms. The van der Waals surface area contributed by atoms with E-state index in [0.29, 0.717) is 25.6 Å². The first kappa shape index (κ1) is 20.7. The molecule has 1 aromatic carbocycles. The summed E-state index contributed by atoms with van der Waals surface area (Å²) in [7, 11) is 0. The summed E-state index contributed by atoms with van der Waals surface area (Å²) in [6.45, 7) is 7.61. The number of esters is 1. The van der Waals surface area contributed by atoms with Gasteiger partial charge in [0.05, 0.1) is 19.8 Å². The number of carbonyl (C=O) groups excluding carboxylic acids is 1. The van der Waals surface area contributed by atoms with E-state index in [1.807, 2.05) is 19.1 Å². The highest BCUT2D eigenvalue weighted by Gasteiger charge is 2.29. The minimum atomic E-state index is -0.377. The molecule has 1 saturated heterocycles. The molecule has 0 aromatic heterocycles. The average Bonchev–Trinajstić information content (AvgIpc) is 2.65. The summed E-state index contributed by atoms with van der Waals surface area (Å²) in [4.78, 5) is 12.4. The molecule has 0 spiro atoms. The van der Waals surface area contributed by atoms with Crippen molar-refractivity contribution in [1.82, 2.24) is 0 Å². The Balaban J connectivity index is 1.79. The average molecular weight is 364 g/mol. The number of carbonyl (C=O) groups is 1. The summed E-state index contributed by atoms with van der Waals surface area (Å²) in [5.41, 5.74) is 0.877. The fourth-order valence-electron chi connectivity index (χ4n) is 2.76. The van der Waals surface area contributed by atoms with Gasteiger partial charge in [0, 0.05) is 0 Å². The van der Waals surface area contributed by atoms with Crippen molar-refractivity contribution in [1.29, 1.82) is 0 Å². The van der Waals surface area contributed by atoms with Gasteiger partial charge in [-0.3, -0.25) is 4.79 Å². The predicted molar refractivity (Wildman–Crippen MR) is 101 cm³/mol. The van der Waals surface area contributed by atoms with E-state index in [-0.39, 0.29) is 18.2 Å². The van der Waals surface area contributed by atoms with Crippen molar-refractivity contribution in [3.8, 4) is 11.5 Å². The summed E-state index contributed by atoms with van der Waals surface area (Å²) >= 11 is 0. The molecular weight excluding hydrogens is 332 g/mol. The number of benzene rings is 1. The van der Waals surface area contributed by atoms with Gasteiger partial charge in [0.2, 0.25) is 0 Å². The minimum Gasteiger partial charge on any atom is -0.494 e. The molecule has 0 aliphatic carbocycles. The van der Waals surface area contributed by atoms with Gasteiger partial charge in [0.25, 0.3) is 0 Å². The summed E-state index contributed by atoms with van der Waals surface area (Å²) in [6, 6.07) is 5.52. The summed E-state index contributed by atoms with van der Waals surface area (Å²) in [5, 5.41) is 0. The Morgan fingerprint density at radius 1 is 1.12 bits per heavy atom. The highest BCUT2D eigenvalue weighted by Crippen LogP contribution is 2.25. The second kappa shape index (κ2) is 11.2. The third kappa shape index (κ3) is 6.61. The predicted octanol–water partition coefficient (Wildman–Crippen LogP) is 4.65. The molecule has 1 heterocycles. The van der Waals surface area contributed by atoms with Crippen LogP contribution < -0.4 is 9.47 Å². The maximum absolute atomic E-state index is 12.4. The molecule has 1 aromatic rings. The van der Waals surface area contributed by atoms with Crippen LogP contribution in [0.2, 0.25) is 0 Å². The SMILES string of the molecule is CCCCCC1OCC(C(=O)Oc2ccc(OCCCC)cc2C)CO1. The van der Waals surface area contributed by atoms with Gasteiger partial charge in [-0.2, -0.15) is 0 Å². The van der Waals surface area contributed by atoms with E-state index in [2.05, 4.69) is 13.8 Å². The van der Waals surface area contributed by atoms with Gasteiger partial charge in [-0.25, -0.2) is 0 Å². The van der Waals surface area contributed by atoms with E-state index in [4.69, 9.17) is 18.9 Å². The van der Waals surface area contributed by atoms with E-state index in [1.54, 1.807) is 6.07 Å². The first-order valence-electron chi connectivity index (χ1n) is 9.82. The molecule has 1 aliphatic heterocycles. The van der Waals surface area contributed by atoms with Crippen molar-refractivity contribution in [2.75, 3.05) is 19.8 Å². The molecule has 0 saturated carbocycles. The Hall–Kier alpha value is -1.59. The van der Waals surface area contributed by atoms with Gasteiger partial charge in [-0.15, -0.1) is 0 Å². The smallest absolute Gasteiger partial charge is 0.319 e. The van der Waals surface area contributed by atoms with Crippen LogP contribution in [0.15, 0.2) is 18.2 Å². The molecule has 0 amide bonds. The summed E-state index contributed by atoms with van der Waals surface area (Å²) in [5.74, 6) is 0.676. The van der Waals surface area contributed by atoms with Gasteiger partial charge < -0.3 is 18.9 Å². The number of hydrogen-bond donors (Lipinski definition) is 0. The number of ether oxygens (including phenoxy) is 4. The second-order valence-corrected chi connectivity index (χ2v) is 6.84. The molecule has 1 fully saturated rings. The van der Waals surface area contributed by atoms with Crippen LogP contribution in [0.1, 0.15) is 57.9 Å². The Morgan fingerprint density at radius 2 is 1.85 bits per heavy atom. The zero-order chi connectivity index (χ0) is 18.8. The molecule has 26 heavy (non-hydrogen) atoms. The second-order valence-electron chi connectivity index (χ2n) is 6.84. The molecule has 0 atom stereocenters. The molecular formula is C21H32O5. The molecule has 0 radical (unpaired) electrons. The van der Waals surface area contributed by atoms with Crippen LogP contribution in [0.3, 0.4) is 0 Å². The first-order valence-corrected chi connectivity index (χ1v) is 9.82. The van der Waals surface area contributed by atoms with Crippen LogP contribution in [0.25, 0.3) is 0 Å². The lowest BCUT2D eigenvalue weighted by Crippen LogP contribution is -2.38. The van der Waals surface area contributed by atoms with E-state index in [0.717, 1.165) is 37.0 Å². The van der Waals surface area contributed by atoms with Gasteiger partial charge >= 0.3 is 5.97 Å². The molecule has 5 nitrogen and oxygen atoms in total. The quantitative estimate of drug-likeness (QED) is 0.344. The van der Waals surface area contributed by atoms with Crippen LogP contribution in [0.4, 0.5) is 0 Å². The zero-order valence-corrected chi connectivity index (χ0v) is 16.3. The number of rotatable bonds is 10. The normalized spacial score (nSPS) is 20.0. The Morgan fingerprint density at radius 3 is 2.50 bits per heavy atom. The van der Waals surface area contributed by atoms with Crippen LogP contribution in [-0.4, -0.2) is 32.1 Å². The van der Waals surface area contributed by atoms with Crippen molar-refractivity contribution in [3.05, 3.63) is 23.8 Å². The highest BCUT2D eigenvalue weighted by molar-refractivity contribution is 5.76. The van der Waals surface area contributed by atoms with Crippen molar-refractivity contribution in [2.45, 2.75) is 65.6 Å². The Labute approximate surface area is 157 Å². The third-order valence-electron chi connectivity index (χ3n) is 4.47. The standard InChI is InChI=1S/C21H32O5/c1-4-6-8-9-20-24-14-17(15-25-20)21(22)26-19-11-10-18(13-16(19)3)23-12-7-5-2/h10-11,13,17,20H,4-9,12,14-15H2,1-3H3. The van der Waals surface area contributed by atoms with Crippen LogP contribution in [0, 0.1) is 12.8 Å². The largest absolute Gasteiger partial charge is 0.494 e. The summed E-state index contributed by atoms with van der Waals surface area (Å²) in [6.07, 6.45) is 6.24. The lowest BCUT2D eigenvalue weighted by Gasteiger charge is -2.28. The molecule has 146 valence electrons. The molecule has 0 N–H and O–H groups in total. The van der Waals surface area contributed by atoms with Gasteiger partial charge in [0.15, 0.2) is 6.29 Å². The lowest BCUT2D eigenvalue weighted by molar-refractivity contribution is -0.208. The van der Waals surface area contributed by atoms with E-state index in [1.165, 1.54) is 12.8 Å². The van der Waals surface area contributed by atoms with Crippen molar-refractivity contribution in [2.24, 2.45) is 5.92 Å².